The summed E-state index contributed by atoms with van der Waals surface area (Å²) in [4.78, 5) is 15.1. The lowest BCUT2D eigenvalue weighted by atomic mass is 10.0. The second kappa shape index (κ2) is 8.95. The smallest absolute Gasteiger partial charge is 0.254 e. The molecule has 0 bridgehead atoms. The average molecular weight is 443 g/mol. The molecule has 0 saturated carbocycles. The first-order chi connectivity index (χ1) is 14.6. The number of aryl methyl sites for hydroxylation is 1. The second-order valence-corrected chi connectivity index (χ2v) is 9.69. The third kappa shape index (κ3) is 4.81. The lowest BCUT2D eigenvalue weighted by Crippen LogP contribution is -2.31. The van der Waals surface area contributed by atoms with E-state index in [1.54, 1.807) is 56.3 Å². The van der Waals surface area contributed by atoms with Crippen molar-refractivity contribution >= 4 is 15.9 Å². The van der Waals surface area contributed by atoms with Crippen LogP contribution in [-0.2, 0) is 23.1 Å². The molecule has 7 nitrogen and oxygen atoms in total. The predicted octanol–water partition coefficient (Wildman–Crippen LogP) is 3.69. The maximum atomic E-state index is 13.5. The van der Waals surface area contributed by atoms with Gasteiger partial charge in [0.1, 0.15) is 11.5 Å². The maximum Gasteiger partial charge on any atom is 0.254 e. The third-order valence-electron chi connectivity index (χ3n) is 5.19. The van der Waals surface area contributed by atoms with Gasteiger partial charge in [-0.15, -0.1) is 0 Å². The number of hydrogen-bond donors (Lipinski definition) is 1. The van der Waals surface area contributed by atoms with Gasteiger partial charge < -0.3 is 14.4 Å². The van der Waals surface area contributed by atoms with E-state index in [4.69, 9.17) is 4.42 Å². The molecule has 8 heteroatoms. The molecular formula is C23H26N2O5S. The van der Waals surface area contributed by atoms with E-state index in [-0.39, 0.29) is 35.2 Å². The minimum atomic E-state index is -3.72. The number of phenols is 1. The highest BCUT2D eigenvalue weighted by molar-refractivity contribution is 7.89. The minimum Gasteiger partial charge on any atom is -0.508 e. The number of amides is 1. The molecule has 0 saturated heterocycles. The molecule has 0 fully saturated rings. The predicted molar refractivity (Wildman–Crippen MR) is 117 cm³/mol. The molecule has 0 radical (unpaired) electrons. The van der Waals surface area contributed by atoms with E-state index in [1.807, 2.05) is 0 Å². The second-order valence-electron chi connectivity index (χ2n) is 7.57. The average Bonchev–Trinajstić information content (AvgIpc) is 3.23. The molecule has 0 aliphatic heterocycles. The number of phenolic OH excluding ortho intramolecular Hbond substituents is 1. The lowest BCUT2D eigenvalue weighted by Gasteiger charge is -2.24. The number of benzene rings is 2. The molecule has 3 rings (SSSR count). The van der Waals surface area contributed by atoms with E-state index in [9.17, 15) is 18.3 Å². The molecule has 1 heterocycles. The highest BCUT2D eigenvalue weighted by Crippen LogP contribution is 2.26. The van der Waals surface area contributed by atoms with Gasteiger partial charge in [0.05, 0.1) is 24.2 Å². The van der Waals surface area contributed by atoms with Gasteiger partial charge in [0.2, 0.25) is 10.0 Å². The third-order valence-corrected chi connectivity index (χ3v) is 7.13. The van der Waals surface area contributed by atoms with E-state index in [2.05, 4.69) is 0 Å². The van der Waals surface area contributed by atoms with Crippen molar-refractivity contribution in [2.24, 2.45) is 0 Å². The lowest BCUT2D eigenvalue weighted by molar-refractivity contribution is 0.0716. The topological polar surface area (TPSA) is 91.1 Å². The number of sulfonamides is 1. The number of carbonyl (C=O) groups is 1. The van der Waals surface area contributed by atoms with E-state index in [1.165, 1.54) is 31.3 Å². The Morgan fingerprint density at radius 1 is 1.03 bits per heavy atom. The summed E-state index contributed by atoms with van der Waals surface area (Å²) in [6, 6.07) is 13.4. The molecule has 1 amide bonds. The summed E-state index contributed by atoms with van der Waals surface area (Å²) in [6.07, 6.45) is 1.52. The van der Waals surface area contributed by atoms with Gasteiger partial charge in [0, 0.05) is 25.2 Å². The Kier molecular flexibility index (Phi) is 6.52. The quantitative estimate of drug-likeness (QED) is 0.603. The molecule has 0 spiro atoms. The van der Waals surface area contributed by atoms with E-state index < -0.39 is 10.0 Å². The zero-order chi connectivity index (χ0) is 22.8. The first-order valence-corrected chi connectivity index (χ1v) is 11.2. The van der Waals surface area contributed by atoms with Crippen molar-refractivity contribution in [2.75, 3.05) is 14.1 Å². The fourth-order valence-corrected chi connectivity index (χ4v) is 4.46. The van der Waals surface area contributed by atoms with Gasteiger partial charge >= 0.3 is 0 Å². The van der Waals surface area contributed by atoms with Crippen LogP contribution in [0.15, 0.2) is 64.1 Å². The zero-order valence-electron chi connectivity index (χ0n) is 18.0. The van der Waals surface area contributed by atoms with Crippen molar-refractivity contribution in [3.05, 3.63) is 82.8 Å². The first kappa shape index (κ1) is 22.6. The highest BCUT2D eigenvalue weighted by atomic mass is 32.2. The number of carbonyl (C=O) groups excluding carboxylic acids is 1. The van der Waals surface area contributed by atoms with Crippen LogP contribution in [0.25, 0.3) is 0 Å². The van der Waals surface area contributed by atoms with Gasteiger partial charge in [0.25, 0.3) is 5.91 Å². The maximum absolute atomic E-state index is 13.5. The van der Waals surface area contributed by atoms with Gasteiger partial charge in [-0.3, -0.25) is 4.79 Å². The summed E-state index contributed by atoms with van der Waals surface area (Å²) in [7, 11) is -0.807. The Balaban J connectivity index is 2.05. The van der Waals surface area contributed by atoms with Crippen LogP contribution >= 0.6 is 0 Å². The normalized spacial score (nSPS) is 11.6. The Hall–Kier alpha value is -3.10. The van der Waals surface area contributed by atoms with Gasteiger partial charge in [-0.2, -0.15) is 0 Å². The number of furan rings is 1. The fourth-order valence-electron chi connectivity index (χ4n) is 3.24. The van der Waals surface area contributed by atoms with Crippen molar-refractivity contribution in [1.29, 1.82) is 0 Å². The Morgan fingerprint density at radius 2 is 1.74 bits per heavy atom. The summed E-state index contributed by atoms with van der Waals surface area (Å²) >= 11 is 0. The van der Waals surface area contributed by atoms with Crippen molar-refractivity contribution in [3.8, 4) is 5.75 Å². The van der Waals surface area contributed by atoms with Crippen molar-refractivity contribution < 1.29 is 22.7 Å². The van der Waals surface area contributed by atoms with Crippen LogP contribution in [0.3, 0.4) is 0 Å². The van der Waals surface area contributed by atoms with Gasteiger partial charge in [0.15, 0.2) is 0 Å². The number of rotatable bonds is 7. The summed E-state index contributed by atoms with van der Waals surface area (Å²) in [5.74, 6) is 0.294. The van der Waals surface area contributed by atoms with Gasteiger partial charge in [-0.05, 0) is 55.3 Å². The van der Waals surface area contributed by atoms with Crippen molar-refractivity contribution in [1.82, 2.24) is 9.21 Å². The summed E-state index contributed by atoms with van der Waals surface area (Å²) in [5.41, 5.74) is 2.13. The standard InChI is InChI=1S/C23H26N2O5S/c1-16-12-19(13-22(17(16)2)31(28,29)24(3)4)23(27)25(15-20-9-7-11-30-20)14-18-8-5-6-10-21(18)26/h5-13,26H,14-15H2,1-4H3. The van der Waals surface area contributed by atoms with Gasteiger partial charge in [-0.25, -0.2) is 12.7 Å². The van der Waals surface area contributed by atoms with E-state index in [0.29, 0.717) is 22.5 Å². The van der Waals surface area contributed by atoms with Crippen LogP contribution in [0.4, 0.5) is 0 Å². The SMILES string of the molecule is Cc1cc(C(=O)N(Cc2ccco2)Cc2ccccc2O)cc(S(=O)(=O)N(C)C)c1C. The number of aromatic hydroxyl groups is 1. The summed E-state index contributed by atoms with van der Waals surface area (Å²) < 4.78 is 32.1. The summed E-state index contributed by atoms with van der Waals surface area (Å²) in [5, 5.41) is 10.2. The molecule has 31 heavy (non-hydrogen) atoms. The highest BCUT2D eigenvalue weighted by Gasteiger charge is 2.25. The Bertz CT molecular complexity index is 1180. The Morgan fingerprint density at radius 3 is 2.35 bits per heavy atom. The monoisotopic (exact) mass is 442 g/mol. The fraction of sp³-hybridized carbons (Fsp3) is 0.261. The molecule has 1 aromatic heterocycles. The minimum absolute atomic E-state index is 0.0794. The molecule has 1 N–H and O–H groups in total. The van der Waals surface area contributed by atoms with E-state index >= 15 is 0 Å². The molecule has 0 aliphatic carbocycles. The van der Waals surface area contributed by atoms with Crippen molar-refractivity contribution in [2.45, 2.75) is 31.8 Å². The first-order valence-electron chi connectivity index (χ1n) is 9.73. The van der Waals surface area contributed by atoms with Crippen LogP contribution < -0.4 is 0 Å². The van der Waals surface area contributed by atoms with Crippen LogP contribution in [0.5, 0.6) is 5.75 Å². The van der Waals surface area contributed by atoms with Crippen LogP contribution in [0, 0.1) is 13.8 Å². The van der Waals surface area contributed by atoms with Crippen LogP contribution in [0.1, 0.15) is 32.8 Å². The molecule has 2 aromatic carbocycles. The number of hydrogen-bond acceptors (Lipinski definition) is 5. The molecule has 3 aromatic rings. The van der Waals surface area contributed by atoms with Crippen molar-refractivity contribution in [3.63, 3.8) is 0 Å². The molecule has 0 aliphatic rings. The summed E-state index contributed by atoms with van der Waals surface area (Å²) in [6.45, 7) is 3.81. The largest absolute Gasteiger partial charge is 0.508 e. The van der Waals surface area contributed by atoms with E-state index in [0.717, 1.165) is 4.31 Å². The molecular weight excluding hydrogens is 416 g/mol. The zero-order valence-corrected chi connectivity index (χ0v) is 18.8. The number of para-hydroxylation sites is 1. The molecule has 164 valence electrons. The molecule has 0 unspecified atom stereocenters. The number of nitrogens with zero attached hydrogens (tertiary/aromatic N) is 2. The van der Waals surface area contributed by atoms with Gasteiger partial charge in [-0.1, -0.05) is 18.2 Å². The van der Waals surface area contributed by atoms with Crippen LogP contribution in [0.2, 0.25) is 0 Å². The Labute approximate surface area is 182 Å². The van der Waals surface area contributed by atoms with Crippen LogP contribution in [-0.4, -0.2) is 42.7 Å². The molecule has 0 atom stereocenters.